The number of H-pyrrole nitrogens is 1. The van der Waals surface area contributed by atoms with Gasteiger partial charge in [0, 0.05) is 29.6 Å². The van der Waals surface area contributed by atoms with Crippen molar-refractivity contribution in [1.29, 1.82) is 0 Å². The van der Waals surface area contributed by atoms with Gasteiger partial charge in [-0.15, -0.1) is 0 Å². The minimum atomic E-state index is -0.445. The monoisotopic (exact) mass is 457 g/mol. The van der Waals surface area contributed by atoms with Crippen LogP contribution < -0.4 is 0 Å². The smallest absolute Gasteiger partial charge is 0.337 e. The van der Waals surface area contributed by atoms with E-state index in [1.807, 2.05) is 66.5 Å². The number of aromatic nitrogens is 1. The van der Waals surface area contributed by atoms with Gasteiger partial charge < -0.3 is 19.9 Å². The molecule has 0 saturated heterocycles. The standard InChI is InChI=1S/C27H27N3O4/c1-30(14-15-31)17-18-8-11-21(12-9-18)28-25(19-6-4-3-5-7-19)24-22-13-10-20(27(33)34-2)16-23(22)29-26(24)32/h3-13,16,29,31-32H,14-15,17H2,1-2H3. The van der Waals surface area contributed by atoms with Crippen LogP contribution in [-0.4, -0.2) is 59.1 Å². The Bertz CT molecular complexity index is 1310. The van der Waals surface area contributed by atoms with E-state index in [0.717, 1.165) is 28.7 Å². The van der Waals surface area contributed by atoms with Gasteiger partial charge in [-0.25, -0.2) is 9.79 Å². The van der Waals surface area contributed by atoms with Crippen molar-refractivity contribution in [1.82, 2.24) is 9.88 Å². The van der Waals surface area contributed by atoms with Gasteiger partial charge in [-0.2, -0.15) is 0 Å². The van der Waals surface area contributed by atoms with Gasteiger partial charge in [0.2, 0.25) is 0 Å². The number of hydrogen-bond donors (Lipinski definition) is 3. The highest BCUT2D eigenvalue weighted by atomic mass is 16.5. The number of benzene rings is 3. The first-order chi connectivity index (χ1) is 16.5. The molecule has 0 aliphatic rings. The number of esters is 1. The predicted molar refractivity (Wildman–Crippen MR) is 133 cm³/mol. The van der Waals surface area contributed by atoms with Crippen LogP contribution in [0, 0.1) is 0 Å². The molecule has 4 rings (SSSR count). The number of hydrogen-bond acceptors (Lipinski definition) is 6. The molecule has 0 aliphatic heterocycles. The highest BCUT2D eigenvalue weighted by Crippen LogP contribution is 2.32. The highest BCUT2D eigenvalue weighted by molar-refractivity contribution is 6.22. The van der Waals surface area contributed by atoms with Crippen LogP contribution in [0.1, 0.15) is 27.0 Å². The van der Waals surface area contributed by atoms with Gasteiger partial charge >= 0.3 is 5.97 Å². The predicted octanol–water partition coefficient (Wildman–Crippen LogP) is 4.25. The summed E-state index contributed by atoms with van der Waals surface area (Å²) in [7, 11) is 3.29. The molecule has 0 fully saturated rings. The second kappa shape index (κ2) is 10.3. The van der Waals surface area contributed by atoms with Gasteiger partial charge in [-0.05, 0) is 36.9 Å². The molecule has 0 bridgehead atoms. The molecule has 0 spiro atoms. The fourth-order valence-corrected chi connectivity index (χ4v) is 3.90. The lowest BCUT2D eigenvalue weighted by molar-refractivity contribution is 0.0601. The molecule has 3 aromatic carbocycles. The molecule has 0 radical (unpaired) electrons. The number of nitrogens with one attached hydrogen (secondary N) is 1. The zero-order chi connectivity index (χ0) is 24.1. The zero-order valence-electron chi connectivity index (χ0n) is 19.2. The van der Waals surface area contributed by atoms with Crippen molar-refractivity contribution in [3.63, 3.8) is 0 Å². The van der Waals surface area contributed by atoms with Crippen LogP contribution in [0.2, 0.25) is 0 Å². The number of aliphatic hydroxyl groups is 1. The average Bonchev–Trinajstić information content (AvgIpc) is 3.18. The lowest BCUT2D eigenvalue weighted by Gasteiger charge is -2.15. The van der Waals surface area contributed by atoms with Crippen molar-refractivity contribution >= 4 is 28.3 Å². The van der Waals surface area contributed by atoms with E-state index in [-0.39, 0.29) is 12.5 Å². The second-order valence-electron chi connectivity index (χ2n) is 8.05. The minimum Gasteiger partial charge on any atom is -0.494 e. The summed E-state index contributed by atoms with van der Waals surface area (Å²) in [6.45, 7) is 1.45. The third-order valence-corrected chi connectivity index (χ3v) is 5.60. The SMILES string of the molecule is COC(=O)c1ccc2c(C(=Nc3ccc(CN(C)CCO)cc3)c3ccccc3)c(O)[nH]c2c1. The molecule has 7 nitrogen and oxygen atoms in total. The van der Waals surface area contributed by atoms with Crippen molar-refractivity contribution < 1.29 is 19.7 Å². The number of aliphatic hydroxyl groups excluding tert-OH is 1. The third-order valence-electron chi connectivity index (χ3n) is 5.60. The van der Waals surface area contributed by atoms with Crippen LogP contribution in [0.5, 0.6) is 5.88 Å². The van der Waals surface area contributed by atoms with Gasteiger partial charge in [0.15, 0.2) is 5.88 Å². The van der Waals surface area contributed by atoms with E-state index in [2.05, 4.69) is 4.98 Å². The lowest BCUT2D eigenvalue weighted by atomic mass is 10.00. The van der Waals surface area contributed by atoms with Crippen LogP contribution in [0.25, 0.3) is 10.9 Å². The van der Waals surface area contributed by atoms with Crippen LogP contribution in [0.4, 0.5) is 5.69 Å². The number of likely N-dealkylation sites (N-methyl/N-ethyl adjacent to an activating group) is 1. The molecule has 0 atom stereocenters. The summed E-state index contributed by atoms with van der Waals surface area (Å²) in [5, 5.41) is 20.7. The molecule has 7 heteroatoms. The second-order valence-corrected chi connectivity index (χ2v) is 8.05. The van der Waals surface area contributed by atoms with Crippen molar-refractivity contribution in [2.45, 2.75) is 6.54 Å². The quantitative estimate of drug-likeness (QED) is 0.271. The normalized spacial score (nSPS) is 11.8. The molecule has 0 amide bonds. The molecule has 174 valence electrons. The number of fused-ring (bicyclic) bond motifs is 1. The van der Waals surface area contributed by atoms with Gasteiger partial charge in [-0.3, -0.25) is 4.90 Å². The Kier molecular flexibility index (Phi) is 7.06. The van der Waals surface area contributed by atoms with E-state index in [1.165, 1.54) is 7.11 Å². The Balaban J connectivity index is 1.78. The first-order valence-corrected chi connectivity index (χ1v) is 11.0. The van der Waals surface area contributed by atoms with Gasteiger partial charge in [-0.1, -0.05) is 48.5 Å². The van der Waals surface area contributed by atoms with Crippen LogP contribution in [-0.2, 0) is 11.3 Å². The van der Waals surface area contributed by atoms with E-state index >= 15 is 0 Å². The van der Waals surface area contributed by atoms with Gasteiger partial charge in [0.1, 0.15) is 0 Å². The van der Waals surface area contributed by atoms with E-state index in [9.17, 15) is 9.90 Å². The maximum Gasteiger partial charge on any atom is 0.337 e. The zero-order valence-corrected chi connectivity index (χ0v) is 19.2. The number of nitrogens with zero attached hydrogens (tertiary/aromatic N) is 2. The van der Waals surface area contributed by atoms with Gasteiger partial charge in [0.25, 0.3) is 0 Å². The Morgan fingerprint density at radius 2 is 1.76 bits per heavy atom. The van der Waals surface area contributed by atoms with Gasteiger partial charge in [0.05, 0.1) is 36.2 Å². The molecule has 0 saturated carbocycles. The summed E-state index contributed by atoms with van der Waals surface area (Å²) in [5.74, 6) is -0.471. The largest absolute Gasteiger partial charge is 0.494 e. The summed E-state index contributed by atoms with van der Waals surface area (Å²) in [6.07, 6.45) is 0. The fourth-order valence-electron chi connectivity index (χ4n) is 3.90. The van der Waals surface area contributed by atoms with E-state index in [4.69, 9.17) is 14.8 Å². The molecule has 0 unspecified atom stereocenters. The number of methoxy groups -OCH3 is 1. The topological polar surface area (TPSA) is 98.2 Å². The minimum absolute atomic E-state index is 0.0260. The number of carbonyl (C=O) groups excluding carboxylic acids is 1. The number of aliphatic imine (C=N–C) groups is 1. The maximum absolute atomic E-state index is 11.9. The molecule has 4 aromatic rings. The van der Waals surface area contributed by atoms with Crippen molar-refractivity contribution in [2.24, 2.45) is 4.99 Å². The molecule has 1 aromatic heterocycles. The lowest BCUT2D eigenvalue weighted by Crippen LogP contribution is -2.21. The Hall–Kier alpha value is -3.94. The molecule has 1 heterocycles. The van der Waals surface area contributed by atoms with E-state index in [0.29, 0.717) is 28.9 Å². The van der Waals surface area contributed by atoms with Crippen molar-refractivity contribution in [3.8, 4) is 5.88 Å². The fraction of sp³-hybridized carbons (Fsp3) is 0.185. The maximum atomic E-state index is 11.9. The molecule has 3 N–H and O–H groups in total. The average molecular weight is 458 g/mol. The summed E-state index contributed by atoms with van der Waals surface area (Å²) in [4.78, 5) is 21.9. The molecular weight excluding hydrogens is 430 g/mol. The Morgan fingerprint density at radius 3 is 2.44 bits per heavy atom. The summed E-state index contributed by atoms with van der Waals surface area (Å²) in [5.41, 5.74) is 4.88. The molecule has 0 aliphatic carbocycles. The van der Waals surface area contributed by atoms with Crippen molar-refractivity contribution in [3.05, 3.63) is 95.1 Å². The summed E-state index contributed by atoms with van der Waals surface area (Å²) >= 11 is 0. The van der Waals surface area contributed by atoms with E-state index < -0.39 is 5.97 Å². The summed E-state index contributed by atoms with van der Waals surface area (Å²) in [6, 6.07) is 22.7. The van der Waals surface area contributed by atoms with Crippen molar-refractivity contribution in [2.75, 3.05) is 27.3 Å². The third kappa shape index (κ3) is 5.01. The number of carbonyl (C=O) groups is 1. The highest BCUT2D eigenvalue weighted by Gasteiger charge is 2.20. The molecule has 34 heavy (non-hydrogen) atoms. The van der Waals surface area contributed by atoms with Crippen LogP contribution in [0.15, 0.2) is 77.8 Å². The first kappa shape index (κ1) is 23.2. The van der Waals surface area contributed by atoms with E-state index in [1.54, 1.807) is 18.2 Å². The number of ether oxygens (including phenoxy) is 1. The Labute approximate surface area is 198 Å². The molecular formula is C27H27N3O4. The van der Waals surface area contributed by atoms with Crippen LogP contribution >= 0.6 is 0 Å². The summed E-state index contributed by atoms with van der Waals surface area (Å²) < 4.78 is 4.81. The first-order valence-electron chi connectivity index (χ1n) is 11.0. The number of rotatable bonds is 8. The number of aromatic amines is 1. The van der Waals surface area contributed by atoms with Crippen LogP contribution in [0.3, 0.4) is 0 Å². The Morgan fingerprint density at radius 1 is 1.03 bits per heavy atom. The number of aromatic hydroxyl groups is 1.